The third-order valence-electron chi connectivity index (χ3n) is 1.82. The smallest absolute Gasteiger partial charge is 0.337 e. The summed E-state index contributed by atoms with van der Waals surface area (Å²) in [7, 11) is -4.07. The molecule has 102 valence electrons. The number of rotatable bonds is 5. The Morgan fingerprint density at radius 3 is 2.44 bits per heavy atom. The predicted octanol–water partition coefficient (Wildman–Crippen LogP) is 2.13. The molecule has 0 aliphatic rings. The second-order valence-electron chi connectivity index (χ2n) is 3.69. The van der Waals surface area contributed by atoms with Crippen LogP contribution >= 0.6 is 34.5 Å². The molecular formula is C8H9Cl2NO5S2. The second kappa shape index (κ2) is 5.32. The summed E-state index contributed by atoms with van der Waals surface area (Å²) in [6.07, 6.45) is 0. The molecule has 1 rings (SSSR count). The topological polar surface area (TPSA) is 92.7 Å². The van der Waals surface area contributed by atoms with Crippen LogP contribution in [-0.4, -0.2) is 25.1 Å². The molecule has 0 aromatic carbocycles. The molecule has 18 heavy (non-hydrogen) atoms. The second-order valence-corrected chi connectivity index (χ2v) is 7.19. The Bertz CT molecular complexity index is 566. The highest BCUT2D eigenvalue weighted by Crippen LogP contribution is 2.35. The first-order valence-corrected chi connectivity index (χ1v) is 7.55. The third kappa shape index (κ3) is 3.34. The number of hydrogen-bond acceptors (Lipinski definition) is 5. The van der Waals surface area contributed by atoms with Gasteiger partial charge < -0.3 is 5.11 Å². The molecule has 0 radical (unpaired) electrons. The summed E-state index contributed by atoms with van der Waals surface area (Å²) in [5, 5.41) is 10.1. The summed E-state index contributed by atoms with van der Waals surface area (Å²) in [5.74, 6) is -1.32. The maximum absolute atomic E-state index is 11.8. The Kier molecular flexibility index (Phi) is 4.63. The quantitative estimate of drug-likeness (QED) is 0.805. The van der Waals surface area contributed by atoms with Crippen molar-refractivity contribution in [2.24, 2.45) is 0 Å². The van der Waals surface area contributed by atoms with Crippen LogP contribution in [0.3, 0.4) is 0 Å². The lowest BCUT2D eigenvalue weighted by Gasteiger charge is -2.19. The van der Waals surface area contributed by atoms with Gasteiger partial charge in [0.1, 0.15) is 0 Å². The lowest BCUT2D eigenvalue weighted by atomic mass is 10.1. The number of carboxylic acids is 1. The highest BCUT2D eigenvalue weighted by atomic mass is 35.5. The fourth-order valence-corrected chi connectivity index (χ4v) is 3.66. The predicted molar refractivity (Wildman–Crippen MR) is 67.5 cm³/mol. The first-order chi connectivity index (χ1) is 8.08. The van der Waals surface area contributed by atoms with E-state index in [1.807, 2.05) is 0 Å². The number of hydrogen-bond donors (Lipinski definition) is 2. The normalized spacial score (nSPS) is 12.7. The van der Waals surface area contributed by atoms with Crippen LogP contribution in [0.15, 0.2) is 9.59 Å². The van der Waals surface area contributed by atoms with Crippen LogP contribution in [0.5, 0.6) is 0 Å². The van der Waals surface area contributed by atoms with E-state index >= 15 is 0 Å². The fraction of sp³-hybridized carbons (Fsp3) is 0.375. The van der Waals surface area contributed by atoms with Gasteiger partial charge in [-0.25, -0.2) is 13.2 Å². The van der Waals surface area contributed by atoms with Gasteiger partial charge in [0, 0.05) is 5.38 Å². The van der Waals surface area contributed by atoms with Gasteiger partial charge in [-0.3, -0.25) is 4.84 Å². The molecule has 0 amide bonds. The zero-order valence-electron chi connectivity index (χ0n) is 9.23. The van der Waals surface area contributed by atoms with Gasteiger partial charge in [-0.2, -0.15) is 0 Å². The molecule has 0 atom stereocenters. The number of nitrogens with one attached hydrogen (secondary N) is 1. The summed E-state index contributed by atoms with van der Waals surface area (Å²) in [6, 6.07) is 0. The summed E-state index contributed by atoms with van der Waals surface area (Å²) >= 11 is 12.1. The Labute approximate surface area is 117 Å². The molecule has 2 N–H and O–H groups in total. The molecule has 1 aromatic heterocycles. The van der Waals surface area contributed by atoms with Crippen molar-refractivity contribution in [1.82, 2.24) is 4.89 Å². The van der Waals surface area contributed by atoms with Crippen molar-refractivity contribution in [2.75, 3.05) is 0 Å². The average molecular weight is 334 g/mol. The molecule has 1 aromatic rings. The highest BCUT2D eigenvalue weighted by Gasteiger charge is 2.32. The van der Waals surface area contributed by atoms with Gasteiger partial charge in [-0.1, -0.05) is 28.1 Å². The number of halogens is 2. The van der Waals surface area contributed by atoms with E-state index in [0.29, 0.717) is 0 Å². The maximum atomic E-state index is 11.8. The Balaban J connectivity index is 2.91. The number of carboxylic acid groups (broad SMARTS) is 1. The molecule has 0 unspecified atom stereocenters. The molecule has 0 saturated carbocycles. The lowest BCUT2D eigenvalue weighted by Crippen LogP contribution is -2.41. The van der Waals surface area contributed by atoms with Gasteiger partial charge in [-0.15, -0.1) is 11.3 Å². The standard InChI is InChI=1S/C8H9Cl2NO5S2/c1-8(2,7(12)13)16-11-18(14,15)6-5(10)4(9)3-17-6/h3,11H,1-2H3,(H,12,13). The van der Waals surface area contributed by atoms with E-state index in [2.05, 4.69) is 4.84 Å². The van der Waals surface area contributed by atoms with E-state index in [1.54, 1.807) is 4.89 Å². The van der Waals surface area contributed by atoms with Crippen molar-refractivity contribution in [3.8, 4) is 0 Å². The van der Waals surface area contributed by atoms with Crippen LogP contribution in [0.2, 0.25) is 10.0 Å². The van der Waals surface area contributed by atoms with Gasteiger partial charge in [0.25, 0.3) is 10.0 Å². The van der Waals surface area contributed by atoms with E-state index in [4.69, 9.17) is 28.3 Å². The summed E-state index contributed by atoms with van der Waals surface area (Å²) in [5.41, 5.74) is -1.71. The van der Waals surface area contributed by atoms with Crippen molar-refractivity contribution >= 4 is 50.5 Å². The van der Waals surface area contributed by atoms with Crippen molar-refractivity contribution in [1.29, 1.82) is 0 Å². The van der Waals surface area contributed by atoms with Gasteiger partial charge >= 0.3 is 5.97 Å². The third-order valence-corrected chi connectivity index (χ3v) is 5.68. The molecule has 0 fully saturated rings. The van der Waals surface area contributed by atoms with Crippen LogP contribution < -0.4 is 4.89 Å². The van der Waals surface area contributed by atoms with Crippen molar-refractivity contribution in [3.63, 3.8) is 0 Å². The minimum Gasteiger partial charge on any atom is -0.479 e. The number of aliphatic carboxylic acids is 1. The summed E-state index contributed by atoms with van der Waals surface area (Å²) in [6.45, 7) is 2.39. The number of thiophene rings is 1. The average Bonchev–Trinajstić information content (AvgIpc) is 2.58. The van der Waals surface area contributed by atoms with Crippen molar-refractivity contribution in [2.45, 2.75) is 23.7 Å². The molecule has 0 saturated heterocycles. The van der Waals surface area contributed by atoms with E-state index in [-0.39, 0.29) is 14.3 Å². The van der Waals surface area contributed by atoms with Crippen LogP contribution in [0, 0.1) is 0 Å². The Morgan fingerprint density at radius 1 is 1.50 bits per heavy atom. The molecule has 0 aliphatic heterocycles. The largest absolute Gasteiger partial charge is 0.479 e. The fourth-order valence-electron chi connectivity index (χ4n) is 0.728. The van der Waals surface area contributed by atoms with Crippen LogP contribution in [0.4, 0.5) is 0 Å². The Hall–Kier alpha value is -0.380. The number of sulfonamides is 1. The first-order valence-electron chi connectivity index (χ1n) is 4.43. The van der Waals surface area contributed by atoms with Gasteiger partial charge in [0.15, 0.2) is 9.81 Å². The van der Waals surface area contributed by atoms with E-state index in [0.717, 1.165) is 11.3 Å². The molecular weight excluding hydrogens is 325 g/mol. The van der Waals surface area contributed by atoms with E-state index in [1.165, 1.54) is 19.2 Å². The minimum absolute atomic E-state index is 0.0968. The van der Waals surface area contributed by atoms with Crippen LogP contribution in [0.25, 0.3) is 0 Å². The maximum Gasteiger partial charge on any atom is 0.337 e. The Morgan fingerprint density at radius 2 is 2.06 bits per heavy atom. The molecule has 0 bridgehead atoms. The minimum atomic E-state index is -4.07. The molecule has 10 heteroatoms. The zero-order chi connectivity index (χ0) is 14.1. The summed E-state index contributed by atoms with van der Waals surface area (Å²) in [4.78, 5) is 17.1. The van der Waals surface area contributed by atoms with Crippen molar-refractivity contribution < 1.29 is 23.2 Å². The van der Waals surface area contributed by atoms with Gasteiger partial charge in [0.2, 0.25) is 0 Å². The SMILES string of the molecule is CC(C)(ONS(=O)(=O)c1scc(Cl)c1Cl)C(=O)O. The zero-order valence-corrected chi connectivity index (χ0v) is 12.4. The van der Waals surface area contributed by atoms with Crippen LogP contribution in [0.1, 0.15) is 13.8 Å². The van der Waals surface area contributed by atoms with Gasteiger partial charge in [-0.05, 0) is 13.8 Å². The van der Waals surface area contributed by atoms with E-state index < -0.39 is 21.6 Å². The molecule has 1 heterocycles. The van der Waals surface area contributed by atoms with Gasteiger partial charge in [0.05, 0.1) is 10.0 Å². The molecule has 0 spiro atoms. The van der Waals surface area contributed by atoms with E-state index in [9.17, 15) is 13.2 Å². The first kappa shape index (κ1) is 15.7. The lowest BCUT2D eigenvalue weighted by molar-refractivity contribution is -0.165. The summed E-state index contributed by atoms with van der Waals surface area (Å²) < 4.78 is 23.3. The van der Waals surface area contributed by atoms with Crippen molar-refractivity contribution in [3.05, 3.63) is 15.4 Å². The number of carbonyl (C=O) groups is 1. The highest BCUT2D eigenvalue weighted by molar-refractivity contribution is 7.91. The van der Waals surface area contributed by atoms with Crippen LogP contribution in [-0.2, 0) is 19.7 Å². The monoisotopic (exact) mass is 333 g/mol. The molecule has 6 nitrogen and oxygen atoms in total. The molecule has 0 aliphatic carbocycles.